The molecule has 0 aliphatic rings. The fraction of sp³-hybridized carbons (Fsp3) is 0. The van der Waals surface area contributed by atoms with Gasteiger partial charge in [-0.3, -0.25) is 0 Å². The summed E-state index contributed by atoms with van der Waals surface area (Å²) in [7, 11) is 0. The minimum Gasteiger partial charge on any atom is 0 e. The maximum Gasteiger partial charge on any atom is 0 e. The summed E-state index contributed by atoms with van der Waals surface area (Å²) in [5.41, 5.74) is 0. The maximum atomic E-state index is 0. The molecule has 4 heteroatoms. The summed E-state index contributed by atoms with van der Waals surface area (Å²) in [6.45, 7) is 0. The van der Waals surface area contributed by atoms with E-state index in [0.717, 1.165) is 0 Å². The van der Waals surface area contributed by atoms with E-state index in [0.29, 0.717) is 0 Å². The van der Waals surface area contributed by atoms with Gasteiger partial charge >= 0.3 is 0 Å². The van der Waals surface area contributed by atoms with Crippen molar-refractivity contribution in [3.63, 3.8) is 0 Å². The minimum absolute atomic E-state index is 0. The van der Waals surface area contributed by atoms with E-state index in [9.17, 15) is 0 Å². The first-order valence-electron chi connectivity index (χ1n) is 0. The van der Waals surface area contributed by atoms with E-state index in [1.165, 1.54) is 0 Å². The Labute approximate surface area is 113 Å². The second kappa shape index (κ2) is 15.8. The van der Waals surface area contributed by atoms with E-state index in [1.807, 2.05) is 0 Å². The van der Waals surface area contributed by atoms with Gasteiger partial charge in [0.1, 0.15) is 0 Å². The molecular formula is BiNbSrTa. The van der Waals surface area contributed by atoms with Crippen LogP contribution in [0.5, 0.6) is 0 Å². The van der Waals surface area contributed by atoms with Crippen molar-refractivity contribution < 1.29 is 44.8 Å². The van der Waals surface area contributed by atoms with E-state index < -0.39 is 0 Å². The monoisotopic (exact) mass is 571 g/mol. The van der Waals surface area contributed by atoms with Gasteiger partial charge in [-0.25, -0.2) is 0 Å². The van der Waals surface area contributed by atoms with Gasteiger partial charge in [-0.2, -0.15) is 0 Å². The molecule has 0 atom stereocenters. The van der Waals surface area contributed by atoms with Crippen molar-refractivity contribution in [1.29, 1.82) is 0 Å². The summed E-state index contributed by atoms with van der Waals surface area (Å²) in [5, 5.41) is 0. The summed E-state index contributed by atoms with van der Waals surface area (Å²) in [5.74, 6) is 0. The van der Waals surface area contributed by atoms with Gasteiger partial charge in [0.25, 0.3) is 0 Å². The molecule has 0 aliphatic heterocycles. The first kappa shape index (κ1) is 24.9. The number of hydrogen-bond acceptors (Lipinski definition) is 0. The average molecular weight is 570 g/mol. The Morgan fingerprint density at radius 3 is 1.00 bits per heavy atom. The molecule has 0 nitrogen and oxygen atoms in total. The fourth-order valence-electron chi connectivity index (χ4n) is 0. The summed E-state index contributed by atoms with van der Waals surface area (Å²) in [6.07, 6.45) is 0. The van der Waals surface area contributed by atoms with Crippen LogP contribution in [0, 0.1) is 0 Å². The normalized spacial score (nSPS) is 0. The molecule has 0 N–H and O–H groups in total. The van der Waals surface area contributed by atoms with Crippen LogP contribution >= 0.6 is 0 Å². The molecule has 0 spiro atoms. The van der Waals surface area contributed by atoms with Crippen LogP contribution in [0.25, 0.3) is 0 Å². The van der Waals surface area contributed by atoms with Crippen LogP contribution in [0.1, 0.15) is 0 Å². The molecule has 0 aromatic heterocycles. The van der Waals surface area contributed by atoms with Crippen molar-refractivity contribution in [2.75, 3.05) is 0 Å². The van der Waals surface area contributed by atoms with Gasteiger partial charge < -0.3 is 0 Å². The summed E-state index contributed by atoms with van der Waals surface area (Å²) in [6, 6.07) is 0. The third kappa shape index (κ3) is 9.28. The topological polar surface area (TPSA) is 0 Å². The predicted octanol–water partition coefficient (Wildman–Crippen LogP) is -0.767. The maximum absolute atomic E-state index is 0. The van der Waals surface area contributed by atoms with Crippen molar-refractivity contribution >= 4 is 71.7 Å². The molecule has 0 aliphatic carbocycles. The van der Waals surface area contributed by atoms with Gasteiger partial charge in [0.15, 0.2) is 0 Å². The van der Waals surface area contributed by atoms with Gasteiger partial charge in [0.2, 0.25) is 0 Å². The molecule has 0 saturated carbocycles. The predicted molar refractivity (Wildman–Crippen MR) is 11.5 cm³/mol. The van der Waals surface area contributed by atoms with Gasteiger partial charge in [0, 0.05) is 116 Å². The van der Waals surface area contributed by atoms with Gasteiger partial charge in [0.05, 0.1) is 0 Å². The van der Waals surface area contributed by atoms with Gasteiger partial charge in [-0.05, 0) is 0 Å². The van der Waals surface area contributed by atoms with Crippen LogP contribution < -0.4 is 0 Å². The fourth-order valence-corrected chi connectivity index (χ4v) is 0. The van der Waals surface area contributed by atoms with Crippen LogP contribution in [-0.2, 0) is 44.8 Å². The van der Waals surface area contributed by atoms with Crippen LogP contribution in [0.4, 0.5) is 0 Å². The van der Waals surface area contributed by atoms with E-state index in [-0.39, 0.29) is 116 Å². The summed E-state index contributed by atoms with van der Waals surface area (Å²) >= 11 is 0. The Morgan fingerprint density at radius 2 is 1.00 bits per heavy atom. The first-order valence-corrected chi connectivity index (χ1v) is 0. The Balaban J connectivity index is 0. The minimum atomic E-state index is 0. The van der Waals surface area contributed by atoms with E-state index in [2.05, 4.69) is 0 Å². The Hall–Kier alpha value is 3.84. The van der Waals surface area contributed by atoms with Crippen LogP contribution in [0.2, 0.25) is 0 Å². The van der Waals surface area contributed by atoms with Crippen molar-refractivity contribution in [3.05, 3.63) is 0 Å². The molecule has 0 bridgehead atoms. The van der Waals surface area contributed by atoms with Crippen molar-refractivity contribution in [2.45, 2.75) is 0 Å². The van der Waals surface area contributed by atoms with E-state index in [1.54, 1.807) is 0 Å². The average Bonchev–Trinajstić information content (AvgIpc) is 0. The standard InChI is InChI=1S/Bi.Nb.Sr.Ta. The largest absolute Gasteiger partial charge is 0 e. The molecule has 0 aromatic rings. The molecule has 0 saturated heterocycles. The van der Waals surface area contributed by atoms with Crippen molar-refractivity contribution in [2.24, 2.45) is 0 Å². The SMILES string of the molecule is [Bi].[Nb].[Sr].[Ta]. The zero-order valence-electron chi connectivity index (χ0n) is 2.05. The van der Waals surface area contributed by atoms with Gasteiger partial charge in [-0.1, -0.05) is 0 Å². The van der Waals surface area contributed by atoms with Crippen LogP contribution in [0.15, 0.2) is 0 Å². The molecule has 0 heterocycles. The summed E-state index contributed by atoms with van der Waals surface area (Å²) in [4.78, 5) is 0. The molecule has 0 aromatic carbocycles. The van der Waals surface area contributed by atoms with Gasteiger partial charge in [-0.15, -0.1) is 0 Å². The van der Waals surface area contributed by atoms with Crippen LogP contribution in [-0.4, -0.2) is 71.7 Å². The van der Waals surface area contributed by atoms with E-state index >= 15 is 0 Å². The van der Waals surface area contributed by atoms with E-state index in [4.69, 9.17) is 0 Å². The quantitative estimate of drug-likeness (QED) is 0.336. The molecule has 7 radical (unpaired) electrons. The molecule has 4 heavy (non-hydrogen) atoms. The molecule has 0 rings (SSSR count). The second-order valence-electron chi connectivity index (χ2n) is 0. The second-order valence-corrected chi connectivity index (χ2v) is 0. The smallest absolute Gasteiger partial charge is 0 e. The van der Waals surface area contributed by atoms with Crippen molar-refractivity contribution in [3.8, 4) is 0 Å². The van der Waals surface area contributed by atoms with Crippen molar-refractivity contribution in [1.82, 2.24) is 0 Å². The third-order valence-electron chi connectivity index (χ3n) is 0. The summed E-state index contributed by atoms with van der Waals surface area (Å²) < 4.78 is 0. The number of hydrogen-bond donors (Lipinski definition) is 0. The molecule has 0 unspecified atom stereocenters. The Bertz CT molecular complexity index is 8.00. The number of rotatable bonds is 0. The molecular weight excluding hydrogens is 570 g/mol. The molecule has 17 valence electrons. The molecule has 0 fully saturated rings. The zero-order chi connectivity index (χ0) is 0. The third-order valence-corrected chi connectivity index (χ3v) is 0. The Morgan fingerprint density at radius 1 is 1.00 bits per heavy atom. The molecule has 0 amide bonds. The Kier molecular flexibility index (Phi) is 98.3. The zero-order valence-corrected chi connectivity index (χ0v) is 14.4. The van der Waals surface area contributed by atoms with Crippen LogP contribution in [0.3, 0.4) is 0 Å². The first-order chi connectivity index (χ1) is 0.